The summed E-state index contributed by atoms with van der Waals surface area (Å²) in [6.07, 6.45) is 3.80. The van der Waals surface area contributed by atoms with Crippen LogP contribution < -0.4 is 0 Å². The van der Waals surface area contributed by atoms with Crippen LogP contribution in [0.25, 0.3) is 0 Å². The van der Waals surface area contributed by atoms with E-state index in [1.807, 2.05) is 0 Å². The summed E-state index contributed by atoms with van der Waals surface area (Å²) in [5.74, 6) is -0.0935. The number of halogens is 2. The van der Waals surface area contributed by atoms with Gasteiger partial charge in [-0.2, -0.15) is 0 Å². The van der Waals surface area contributed by atoms with Crippen molar-refractivity contribution in [1.29, 1.82) is 0 Å². The van der Waals surface area contributed by atoms with Crippen LogP contribution >= 0.6 is 11.6 Å². The SMILES string of the molecule is CCCC(CCC)C(O)Cc1c(F)cccc1Cl. The fourth-order valence-corrected chi connectivity index (χ4v) is 2.61. The van der Waals surface area contributed by atoms with Gasteiger partial charge in [0.1, 0.15) is 5.82 Å². The fraction of sp³-hybridized carbons (Fsp3) is 0.600. The minimum Gasteiger partial charge on any atom is -0.392 e. The molecule has 1 rings (SSSR count). The average molecular weight is 273 g/mol. The third-order valence-electron chi connectivity index (χ3n) is 3.34. The van der Waals surface area contributed by atoms with Crippen molar-refractivity contribution < 1.29 is 9.50 Å². The number of rotatable bonds is 7. The zero-order valence-electron chi connectivity index (χ0n) is 11.1. The van der Waals surface area contributed by atoms with Gasteiger partial charge in [-0.1, -0.05) is 44.4 Å². The highest BCUT2D eigenvalue weighted by atomic mass is 35.5. The molecule has 1 atom stereocenters. The van der Waals surface area contributed by atoms with Crippen molar-refractivity contribution in [3.63, 3.8) is 0 Å². The first-order valence-corrected chi connectivity index (χ1v) is 7.08. The lowest BCUT2D eigenvalue weighted by Gasteiger charge is -2.22. The zero-order valence-corrected chi connectivity index (χ0v) is 11.9. The van der Waals surface area contributed by atoms with Gasteiger partial charge in [-0.15, -0.1) is 0 Å². The van der Waals surface area contributed by atoms with Gasteiger partial charge in [-0.25, -0.2) is 4.39 Å². The van der Waals surface area contributed by atoms with Crippen LogP contribution in [0.1, 0.15) is 45.1 Å². The maximum Gasteiger partial charge on any atom is 0.127 e. The van der Waals surface area contributed by atoms with E-state index in [-0.39, 0.29) is 11.7 Å². The van der Waals surface area contributed by atoms with Crippen LogP contribution in [0.2, 0.25) is 5.02 Å². The van der Waals surface area contributed by atoms with E-state index >= 15 is 0 Å². The Hall–Kier alpha value is -0.600. The van der Waals surface area contributed by atoms with Gasteiger partial charge in [0.15, 0.2) is 0 Å². The van der Waals surface area contributed by atoms with E-state index in [1.54, 1.807) is 12.1 Å². The quantitative estimate of drug-likeness (QED) is 0.769. The lowest BCUT2D eigenvalue weighted by Crippen LogP contribution is -2.23. The minimum atomic E-state index is -0.515. The highest BCUT2D eigenvalue weighted by Crippen LogP contribution is 2.25. The Bertz CT molecular complexity index is 341. The molecule has 1 unspecified atom stereocenters. The summed E-state index contributed by atoms with van der Waals surface area (Å²) in [5.41, 5.74) is 0.434. The van der Waals surface area contributed by atoms with Crippen molar-refractivity contribution in [2.24, 2.45) is 5.92 Å². The Morgan fingerprint density at radius 2 is 1.83 bits per heavy atom. The average Bonchev–Trinajstić information content (AvgIpc) is 2.33. The van der Waals surface area contributed by atoms with Crippen molar-refractivity contribution in [2.45, 2.75) is 52.1 Å². The van der Waals surface area contributed by atoms with Crippen LogP contribution in [0, 0.1) is 11.7 Å². The molecule has 1 aromatic carbocycles. The normalized spacial score (nSPS) is 13.0. The first-order valence-electron chi connectivity index (χ1n) is 6.71. The third kappa shape index (κ3) is 4.25. The second-order valence-corrected chi connectivity index (χ2v) is 5.22. The smallest absolute Gasteiger partial charge is 0.127 e. The summed E-state index contributed by atoms with van der Waals surface area (Å²) in [7, 11) is 0. The van der Waals surface area contributed by atoms with Crippen LogP contribution in [0.5, 0.6) is 0 Å². The largest absolute Gasteiger partial charge is 0.392 e. The van der Waals surface area contributed by atoms with Crippen molar-refractivity contribution in [3.05, 3.63) is 34.6 Å². The molecule has 0 radical (unpaired) electrons. The third-order valence-corrected chi connectivity index (χ3v) is 3.69. The predicted octanol–water partition coefficient (Wildman–Crippen LogP) is 4.60. The zero-order chi connectivity index (χ0) is 13.5. The Morgan fingerprint density at radius 1 is 1.22 bits per heavy atom. The van der Waals surface area contributed by atoms with Gasteiger partial charge in [-0.05, 0) is 30.9 Å². The van der Waals surface area contributed by atoms with Gasteiger partial charge in [0.2, 0.25) is 0 Å². The molecule has 0 aliphatic heterocycles. The molecular formula is C15H22ClFO. The van der Waals surface area contributed by atoms with Gasteiger partial charge < -0.3 is 5.11 Å². The van der Waals surface area contributed by atoms with Crippen LogP contribution in [-0.4, -0.2) is 11.2 Å². The Morgan fingerprint density at radius 3 is 2.33 bits per heavy atom. The standard InChI is InChI=1S/C15H22ClFO/c1-3-6-11(7-4-2)15(18)10-12-13(16)8-5-9-14(12)17/h5,8-9,11,15,18H,3-4,6-7,10H2,1-2H3. The van der Waals surface area contributed by atoms with Crippen molar-refractivity contribution in [1.82, 2.24) is 0 Å². The molecule has 0 saturated heterocycles. The van der Waals surface area contributed by atoms with Crippen LogP contribution in [0.15, 0.2) is 18.2 Å². The minimum absolute atomic E-state index is 0.232. The van der Waals surface area contributed by atoms with Crippen LogP contribution in [0.4, 0.5) is 4.39 Å². The Kier molecular flexibility index (Phi) is 6.66. The summed E-state index contributed by atoms with van der Waals surface area (Å²) >= 11 is 5.98. The van der Waals surface area contributed by atoms with E-state index in [0.29, 0.717) is 17.0 Å². The van der Waals surface area contributed by atoms with E-state index in [0.717, 1.165) is 25.7 Å². The molecule has 0 fully saturated rings. The molecule has 0 saturated carbocycles. The molecule has 0 aromatic heterocycles. The number of benzene rings is 1. The van der Waals surface area contributed by atoms with E-state index < -0.39 is 6.10 Å². The molecule has 0 aliphatic rings. The molecule has 3 heteroatoms. The number of hydrogen-bond acceptors (Lipinski definition) is 1. The summed E-state index contributed by atoms with van der Waals surface area (Å²) in [4.78, 5) is 0. The van der Waals surface area contributed by atoms with Crippen LogP contribution in [-0.2, 0) is 6.42 Å². The molecular weight excluding hydrogens is 251 g/mol. The Balaban J connectivity index is 2.75. The molecule has 102 valence electrons. The van der Waals surface area contributed by atoms with Gasteiger partial charge in [0, 0.05) is 17.0 Å². The molecule has 1 N–H and O–H groups in total. The molecule has 0 spiro atoms. The topological polar surface area (TPSA) is 20.2 Å². The molecule has 0 heterocycles. The molecule has 0 aliphatic carbocycles. The second kappa shape index (κ2) is 7.75. The Labute approximate surface area is 114 Å². The summed E-state index contributed by atoms with van der Waals surface area (Å²) in [6, 6.07) is 4.65. The lowest BCUT2D eigenvalue weighted by atomic mass is 9.88. The molecule has 0 amide bonds. The lowest BCUT2D eigenvalue weighted by molar-refractivity contribution is 0.0955. The summed E-state index contributed by atoms with van der Waals surface area (Å²) in [5, 5.41) is 10.7. The van der Waals surface area contributed by atoms with Gasteiger partial charge in [-0.3, -0.25) is 0 Å². The molecule has 1 nitrogen and oxygen atoms in total. The first kappa shape index (κ1) is 15.5. The van der Waals surface area contributed by atoms with E-state index in [2.05, 4.69) is 13.8 Å². The van der Waals surface area contributed by atoms with Crippen LogP contribution in [0.3, 0.4) is 0 Å². The highest BCUT2D eigenvalue weighted by molar-refractivity contribution is 6.31. The summed E-state index contributed by atoms with van der Waals surface area (Å²) in [6.45, 7) is 4.21. The summed E-state index contributed by atoms with van der Waals surface area (Å²) < 4.78 is 13.7. The molecule has 0 bridgehead atoms. The molecule has 18 heavy (non-hydrogen) atoms. The van der Waals surface area contributed by atoms with E-state index in [4.69, 9.17) is 11.6 Å². The first-order chi connectivity index (χ1) is 8.60. The molecule has 1 aromatic rings. The van der Waals surface area contributed by atoms with Gasteiger partial charge in [0.05, 0.1) is 6.10 Å². The van der Waals surface area contributed by atoms with Crippen molar-refractivity contribution in [2.75, 3.05) is 0 Å². The number of aliphatic hydroxyl groups excluding tert-OH is 1. The van der Waals surface area contributed by atoms with Crippen molar-refractivity contribution in [3.8, 4) is 0 Å². The van der Waals surface area contributed by atoms with E-state index in [1.165, 1.54) is 6.07 Å². The monoisotopic (exact) mass is 272 g/mol. The van der Waals surface area contributed by atoms with E-state index in [9.17, 15) is 9.50 Å². The highest BCUT2D eigenvalue weighted by Gasteiger charge is 2.20. The fourth-order valence-electron chi connectivity index (χ4n) is 2.37. The number of hydrogen-bond donors (Lipinski definition) is 1. The second-order valence-electron chi connectivity index (χ2n) is 4.81. The van der Waals surface area contributed by atoms with Crippen molar-refractivity contribution >= 4 is 11.6 Å². The number of aliphatic hydroxyl groups is 1. The predicted molar refractivity (Wildman–Crippen MR) is 74.4 cm³/mol. The maximum absolute atomic E-state index is 13.7. The maximum atomic E-state index is 13.7. The van der Waals surface area contributed by atoms with Gasteiger partial charge >= 0.3 is 0 Å². The van der Waals surface area contributed by atoms with Gasteiger partial charge in [0.25, 0.3) is 0 Å².